The summed E-state index contributed by atoms with van der Waals surface area (Å²) in [6.07, 6.45) is 6.40. The van der Waals surface area contributed by atoms with Crippen molar-refractivity contribution >= 4 is 11.6 Å². The summed E-state index contributed by atoms with van der Waals surface area (Å²) in [5.41, 5.74) is 0. The third-order valence-corrected chi connectivity index (χ3v) is 4.08. The molecule has 1 saturated heterocycles. The second-order valence-corrected chi connectivity index (χ2v) is 6.03. The minimum absolute atomic E-state index is 0.385. The molecule has 2 rings (SSSR count). The van der Waals surface area contributed by atoms with Crippen molar-refractivity contribution in [3.63, 3.8) is 0 Å². The summed E-state index contributed by atoms with van der Waals surface area (Å²) in [5.74, 6) is 0.838. The molecular formula is C17H26ClNO2. The van der Waals surface area contributed by atoms with Crippen LogP contribution in [-0.4, -0.2) is 31.9 Å². The van der Waals surface area contributed by atoms with Gasteiger partial charge in [-0.2, -0.15) is 0 Å². The van der Waals surface area contributed by atoms with Crippen LogP contribution in [0.5, 0.6) is 5.75 Å². The second-order valence-electron chi connectivity index (χ2n) is 5.59. The maximum atomic E-state index is 5.97. The van der Waals surface area contributed by atoms with Crippen LogP contribution in [0.1, 0.15) is 39.0 Å². The summed E-state index contributed by atoms with van der Waals surface area (Å²) in [5, 5.41) is 4.21. The summed E-state index contributed by atoms with van der Waals surface area (Å²) in [6, 6.07) is 7.96. The van der Waals surface area contributed by atoms with Crippen LogP contribution < -0.4 is 10.1 Å². The van der Waals surface area contributed by atoms with E-state index in [2.05, 4.69) is 12.2 Å². The van der Waals surface area contributed by atoms with Crippen LogP contribution in [0.25, 0.3) is 0 Å². The quantitative estimate of drug-likeness (QED) is 0.746. The van der Waals surface area contributed by atoms with Crippen LogP contribution in [0, 0.1) is 0 Å². The van der Waals surface area contributed by atoms with Gasteiger partial charge >= 0.3 is 0 Å². The van der Waals surface area contributed by atoms with E-state index in [1.54, 1.807) is 0 Å². The number of likely N-dealkylation sites (N-methyl/N-ethyl adjacent to an activating group) is 1. The molecule has 0 aliphatic carbocycles. The molecule has 1 aliphatic rings. The molecule has 1 aromatic carbocycles. The number of halogens is 1. The van der Waals surface area contributed by atoms with Gasteiger partial charge in [0, 0.05) is 17.7 Å². The third kappa shape index (κ3) is 6.25. The average Bonchev–Trinajstić information content (AvgIpc) is 2.98. The smallest absolute Gasteiger partial charge is 0.120 e. The second kappa shape index (κ2) is 9.29. The topological polar surface area (TPSA) is 30.5 Å². The molecule has 1 aliphatic heterocycles. The lowest BCUT2D eigenvalue weighted by Crippen LogP contribution is -2.34. The van der Waals surface area contributed by atoms with Crippen molar-refractivity contribution in [2.75, 3.05) is 19.8 Å². The Morgan fingerprint density at radius 2 is 2.38 bits per heavy atom. The monoisotopic (exact) mass is 311 g/mol. The molecule has 2 atom stereocenters. The Morgan fingerprint density at radius 1 is 1.48 bits per heavy atom. The molecule has 1 N–H and O–H groups in total. The Bertz CT molecular complexity index is 408. The first-order valence-corrected chi connectivity index (χ1v) is 8.39. The number of nitrogens with one attached hydrogen (secondary N) is 1. The normalized spacial score (nSPS) is 19.6. The Labute approximate surface area is 133 Å². The molecule has 1 heterocycles. The highest BCUT2D eigenvalue weighted by Gasteiger charge is 2.16. The molecule has 1 aromatic rings. The van der Waals surface area contributed by atoms with Crippen molar-refractivity contribution in [2.45, 2.75) is 51.2 Å². The summed E-state index contributed by atoms with van der Waals surface area (Å²) >= 11 is 5.97. The number of hydrogen-bond acceptors (Lipinski definition) is 3. The van der Waals surface area contributed by atoms with Crippen molar-refractivity contribution in [1.29, 1.82) is 0 Å². The summed E-state index contributed by atoms with van der Waals surface area (Å²) in [7, 11) is 0. The zero-order chi connectivity index (χ0) is 14.9. The van der Waals surface area contributed by atoms with E-state index in [0.29, 0.717) is 23.8 Å². The van der Waals surface area contributed by atoms with E-state index in [1.165, 1.54) is 25.7 Å². The molecule has 0 spiro atoms. The SMILES string of the molecule is CCNC(CCCC1CCCO1)COc1cccc(Cl)c1. The van der Waals surface area contributed by atoms with Crippen molar-refractivity contribution < 1.29 is 9.47 Å². The van der Waals surface area contributed by atoms with E-state index in [9.17, 15) is 0 Å². The molecule has 0 aromatic heterocycles. The lowest BCUT2D eigenvalue weighted by molar-refractivity contribution is 0.100. The van der Waals surface area contributed by atoms with E-state index >= 15 is 0 Å². The Hall–Kier alpha value is -0.770. The van der Waals surface area contributed by atoms with Gasteiger partial charge in [0.25, 0.3) is 0 Å². The van der Waals surface area contributed by atoms with Gasteiger partial charge in [0.05, 0.1) is 6.10 Å². The van der Waals surface area contributed by atoms with E-state index in [4.69, 9.17) is 21.1 Å². The highest BCUT2D eigenvalue weighted by atomic mass is 35.5. The minimum Gasteiger partial charge on any atom is -0.492 e. The van der Waals surface area contributed by atoms with Gasteiger partial charge < -0.3 is 14.8 Å². The fourth-order valence-corrected chi connectivity index (χ4v) is 2.93. The van der Waals surface area contributed by atoms with Crippen LogP contribution in [0.3, 0.4) is 0 Å². The highest BCUT2D eigenvalue weighted by Crippen LogP contribution is 2.19. The lowest BCUT2D eigenvalue weighted by Gasteiger charge is -2.19. The Kier molecular flexibility index (Phi) is 7.34. The maximum absolute atomic E-state index is 5.97. The fourth-order valence-electron chi connectivity index (χ4n) is 2.75. The van der Waals surface area contributed by atoms with Gasteiger partial charge in [0.15, 0.2) is 0 Å². The molecule has 0 saturated carbocycles. The van der Waals surface area contributed by atoms with Crippen LogP contribution in [-0.2, 0) is 4.74 Å². The van der Waals surface area contributed by atoms with Crippen LogP contribution >= 0.6 is 11.6 Å². The standard InChI is InChI=1S/C17H26ClNO2/c1-2-19-15(7-4-8-16-10-5-11-20-16)13-21-17-9-3-6-14(18)12-17/h3,6,9,12,15-16,19H,2,4-5,7-8,10-11,13H2,1H3. The van der Waals surface area contributed by atoms with Gasteiger partial charge in [0.1, 0.15) is 12.4 Å². The van der Waals surface area contributed by atoms with Crippen molar-refractivity contribution in [3.8, 4) is 5.75 Å². The van der Waals surface area contributed by atoms with Gasteiger partial charge in [-0.15, -0.1) is 0 Å². The first-order valence-electron chi connectivity index (χ1n) is 8.01. The number of benzene rings is 1. The summed E-state index contributed by atoms with van der Waals surface area (Å²) < 4.78 is 11.5. The van der Waals surface area contributed by atoms with Gasteiger partial charge in [-0.3, -0.25) is 0 Å². The fraction of sp³-hybridized carbons (Fsp3) is 0.647. The van der Waals surface area contributed by atoms with Crippen LogP contribution in [0.2, 0.25) is 5.02 Å². The molecule has 4 heteroatoms. The van der Waals surface area contributed by atoms with Crippen molar-refractivity contribution in [3.05, 3.63) is 29.3 Å². The first kappa shape index (κ1) is 16.6. The summed E-state index contributed by atoms with van der Waals surface area (Å²) in [4.78, 5) is 0. The minimum atomic E-state index is 0.385. The highest BCUT2D eigenvalue weighted by molar-refractivity contribution is 6.30. The summed E-state index contributed by atoms with van der Waals surface area (Å²) in [6.45, 7) is 4.72. The predicted molar refractivity (Wildman–Crippen MR) is 87.2 cm³/mol. The Balaban J connectivity index is 1.70. The zero-order valence-corrected chi connectivity index (χ0v) is 13.6. The van der Waals surface area contributed by atoms with E-state index in [1.807, 2.05) is 24.3 Å². The molecule has 0 amide bonds. The van der Waals surface area contributed by atoms with Crippen molar-refractivity contribution in [2.24, 2.45) is 0 Å². The first-order chi connectivity index (χ1) is 10.3. The van der Waals surface area contributed by atoms with Gasteiger partial charge in [-0.25, -0.2) is 0 Å². The predicted octanol–water partition coefficient (Wildman–Crippen LogP) is 4.05. The van der Waals surface area contributed by atoms with Crippen LogP contribution in [0.4, 0.5) is 0 Å². The number of rotatable bonds is 9. The van der Waals surface area contributed by atoms with Crippen LogP contribution in [0.15, 0.2) is 24.3 Å². The average molecular weight is 312 g/mol. The van der Waals surface area contributed by atoms with Gasteiger partial charge in [0.2, 0.25) is 0 Å². The largest absolute Gasteiger partial charge is 0.492 e. The number of ether oxygens (including phenoxy) is 2. The molecule has 2 unspecified atom stereocenters. The zero-order valence-electron chi connectivity index (χ0n) is 12.8. The molecule has 0 radical (unpaired) electrons. The van der Waals surface area contributed by atoms with E-state index in [-0.39, 0.29) is 0 Å². The molecule has 118 valence electrons. The Morgan fingerprint density at radius 3 is 3.10 bits per heavy atom. The van der Waals surface area contributed by atoms with E-state index in [0.717, 1.165) is 25.3 Å². The van der Waals surface area contributed by atoms with Gasteiger partial charge in [-0.1, -0.05) is 24.6 Å². The lowest BCUT2D eigenvalue weighted by atomic mass is 10.1. The molecular weight excluding hydrogens is 286 g/mol. The van der Waals surface area contributed by atoms with E-state index < -0.39 is 0 Å². The number of hydrogen-bond donors (Lipinski definition) is 1. The molecule has 0 bridgehead atoms. The third-order valence-electron chi connectivity index (χ3n) is 3.84. The molecule has 1 fully saturated rings. The molecule has 3 nitrogen and oxygen atoms in total. The maximum Gasteiger partial charge on any atom is 0.120 e. The van der Waals surface area contributed by atoms with Crippen molar-refractivity contribution in [1.82, 2.24) is 5.32 Å². The molecule has 21 heavy (non-hydrogen) atoms. The van der Waals surface area contributed by atoms with Gasteiger partial charge in [-0.05, 0) is 56.8 Å².